The number of aromatic nitrogens is 1. The Morgan fingerprint density at radius 2 is 2.00 bits per heavy atom. The standard InChI is InChI=1S/C13H21N3/c1-4-14-12-6-5-7-13(15-12)16-8-10(2)11(3)9-16/h5-7,10-11H,4,8-9H2,1-3H3,(H,14,15). The zero-order valence-corrected chi connectivity index (χ0v) is 10.4. The topological polar surface area (TPSA) is 28.2 Å². The van der Waals surface area contributed by atoms with Crippen molar-refractivity contribution in [3.8, 4) is 0 Å². The van der Waals surface area contributed by atoms with Crippen LogP contribution in [0.4, 0.5) is 11.6 Å². The van der Waals surface area contributed by atoms with Gasteiger partial charge in [-0.15, -0.1) is 0 Å². The normalized spacial score (nSPS) is 24.8. The molecule has 0 amide bonds. The van der Waals surface area contributed by atoms with Crippen LogP contribution in [0.1, 0.15) is 20.8 Å². The van der Waals surface area contributed by atoms with Crippen LogP contribution in [0, 0.1) is 11.8 Å². The molecule has 16 heavy (non-hydrogen) atoms. The van der Waals surface area contributed by atoms with Crippen LogP contribution in [-0.2, 0) is 0 Å². The molecule has 1 N–H and O–H groups in total. The largest absolute Gasteiger partial charge is 0.370 e. The van der Waals surface area contributed by atoms with Crippen LogP contribution in [0.15, 0.2) is 18.2 Å². The molecule has 2 atom stereocenters. The van der Waals surface area contributed by atoms with Gasteiger partial charge in [-0.2, -0.15) is 0 Å². The summed E-state index contributed by atoms with van der Waals surface area (Å²) < 4.78 is 0. The van der Waals surface area contributed by atoms with E-state index in [0.29, 0.717) is 0 Å². The number of hydrogen-bond acceptors (Lipinski definition) is 3. The number of rotatable bonds is 3. The third kappa shape index (κ3) is 2.29. The minimum atomic E-state index is 0.768. The molecule has 1 aliphatic rings. The Morgan fingerprint density at radius 1 is 1.31 bits per heavy atom. The predicted octanol–water partition coefficient (Wildman–Crippen LogP) is 2.61. The van der Waals surface area contributed by atoms with Crippen LogP contribution in [0.5, 0.6) is 0 Å². The number of pyridine rings is 1. The molecule has 1 aromatic rings. The highest BCUT2D eigenvalue weighted by molar-refractivity contribution is 5.47. The maximum absolute atomic E-state index is 4.63. The van der Waals surface area contributed by atoms with Crippen LogP contribution in [0.3, 0.4) is 0 Å². The van der Waals surface area contributed by atoms with Crippen LogP contribution < -0.4 is 10.2 Å². The first kappa shape index (κ1) is 11.2. The third-order valence-electron chi connectivity index (χ3n) is 3.40. The summed E-state index contributed by atoms with van der Waals surface area (Å²) in [7, 11) is 0. The lowest BCUT2D eigenvalue weighted by Crippen LogP contribution is -2.21. The molecule has 0 aliphatic carbocycles. The van der Waals surface area contributed by atoms with Crippen LogP contribution in [0.25, 0.3) is 0 Å². The monoisotopic (exact) mass is 219 g/mol. The van der Waals surface area contributed by atoms with Crippen molar-refractivity contribution in [3.63, 3.8) is 0 Å². The molecule has 1 fully saturated rings. The molecule has 1 aliphatic heterocycles. The summed E-state index contributed by atoms with van der Waals surface area (Å²) in [6.45, 7) is 9.91. The van der Waals surface area contributed by atoms with Crippen molar-refractivity contribution in [2.45, 2.75) is 20.8 Å². The molecule has 0 bridgehead atoms. The lowest BCUT2D eigenvalue weighted by Gasteiger charge is -2.17. The number of hydrogen-bond donors (Lipinski definition) is 1. The Kier molecular flexibility index (Phi) is 3.32. The molecule has 0 spiro atoms. The van der Waals surface area contributed by atoms with E-state index in [1.807, 2.05) is 6.07 Å². The van der Waals surface area contributed by atoms with Gasteiger partial charge < -0.3 is 10.2 Å². The molecule has 2 rings (SSSR count). The van der Waals surface area contributed by atoms with E-state index in [0.717, 1.165) is 43.1 Å². The van der Waals surface area contributed by atoms with E-state index >= 15 is 0 Å². The average molecular weight is 219 g/mol. The van der Waals surface area contributed by atoms with Crippen molar-refractivity contribution in [1.82, 2.24) is 4.98 Å². The smallest absolute Gasteiger partial charge is 0.130 e. The van der Waals surface area contributed by atoms with Crippen molar-refractivity contribution in [1.29, 1.82) is 0 Å². The molecule has 0 radical (unpaired) electrons. The Bertz CT molecular complexity index is 341. The highest BCUT2D eigenvalue weighted by atomic mass is 15.2. The average Bonchev–Trinajstić information content (AvgIpc) is 2.60. The van der Waals surface area contributed by atoms with Crippen LogP contribution >= 0.6 is 0 Å². The third-order valence-corrected chi connectivity index (χ3v) is 3.40. The second-order valence-electron chi connectivity index (χ2n) is 4.77. The van der Waals surface area contributed by atoms with Gasteiger partial charge in [-0.25, -0.2) is 4.98 Å². The van der Waals surface area contributed by atoms with Gasteiger partial charge in [0.25, 0.3) is 0 Å². The molecule has 88 valence electrons. The summed E-state index contributed by atoms with van der Waals surface area (Å²) in [6, 6.07) is 6.20. The molecule has 3 nitrogen and oxygen atoms in total. The van der Waals surface area contributed by atoms with Gasteiger partial charge in [-0.05, 0) is 30.9 Å². The zero-order valence-electron chi connectivity index (χ0n) is 10.4. The first-order valence-corrected chi connectivity index (χ1v) is 6.16. The maximum Gasteiger partial charge on any atom is 0.130 e. The molecule has 2 unspecified atom stereocenters. The minimum Gasteiger partial charge on any atom is -0.370 e. The molecule has 2 heterocycles. The van der Waals surface area contributed by atoms with Crippen molar-refractivity contribution in [3.05, 3.63) is 18.2 Å². The Balaban J connectivity index is 2.12. The fourth-order valence-corrected chi connectivity index (χ4v) is 2.20. The van der Waals surface area contributed by atoms with Gasteiger partial charge in [-0.3, -0.25) is 0 Å². The molecule has 0 aromatic carbocycles. The van der Waals surface area contributed by atoms with Crippen molar-refractivity contribution < 1.29 is 0 Å². The summed E-state index contributed by atoms with van der Waals surface area (Å²) in [4.78, 5) is 7.01. The first-order chi connectivity index (χ1) is 7.70. The number of anilines is 2. The summed E-state index contributed by atoms with van der Waals surface area (Å²) >= 11 is 0. The van der Waals surface area contributed by atoms with Crippen molar-refractivity contribution >= 4 is 11.6 Å². The number of nitrogens with one attached hydrogen (secondary N) is 1. The fraction of sp³-hybridized carbons (Fsp3) is 0.615. The van der Waals surface area contributed by atoms with E-state index in [1.165, 1.54) is 0 Å². The minimum absolute atomic E-state index is 0.768. The van der Waals surface area contributed by atoms with E-state index < -0.39 is 0 Å². The maximum atomic E-state index is 4.63. The second-order valence-corrected chi connectivity index (χ2v) is 4.77. The van der Waals surface area contributed by atoms with Crippen LogP contribution in [0.2, 0.25) is 0 Å². The molecule has 1 aromatic heterocycles. The highest BCUT2D eigenvalue weighted by Gasteiger charge is 2.26. The van der Waals surface area contributed by atoms with E-state index in [4.69, 9.17) is 0 Å². The van der Waals surface area contributed by atoms with Gasteiger partial charge in [0.15, 0.2) is 0 Å². The van der Waals surface area contributed by atoms with Gasteiger partial charge >= 0.3 is 0 Å². The van der Waals surface area contributed by atoms with Gasteiger partial charge in [-0.1, -0.05) is 19.9 Å². The molecular formula is C13H21N3. The molecular weight excluding hydrogens is 198 g/mol. The fourth-order valence-electron chi connectivity index (χ4n) is 2.20. The summed E-state index contributed by atoms with van der Waals surface area (Å²) in [5.74, 6) is 3.62. The van der Waals surface area contributed by atoms with E-state index in [1.54, 1.807) is 0 Å². The number of nitrogens with zero attached hydrogens (tertiary/aromatic N) is 2. The highest BCUT2D eigenvalue weighted by Crippen LogP contribution is 2.26. The molecule has 1 saturated heterocycles. The van der Waals surface area contributed by atoms with Crippen molar-refractivity contribution in [2.75, 3.05) is 29.9 Å². The molecule has 3 heteroatoms. The Hall–Kier alpha value is -1.25. The second kappa shape index (κ2) is 4.73. The lowest BCUT2D eigenvalue weighted by atomic mass is 10.0. The first-order valence-electron chi connectivity index (χ1n) is 6.16. The van der Waals surface area contributed by atoms with Crippen molar-refractivity contribution in [2.24, 2.45) is 11.8 Å². The van der Waals surface area contributed by atoms with Crippen LogP contribution in [-0.4, -0.2) is 24.6 Å². The molecule has 0 saturated carbocycles. The predicted molar refractivity (Wildman–Crippen MR) is 68.9 cm³/mol. The Labute approximate surface area is 97.9 Å². The van der Waals surface area contributed by atoms with E-state index in [-0.39, 0.29) is 0 Å². The summed E-state index contributed by atoms with van der Waals surface area (Å²) in [5, 5.41) is 3.26. The summed E-state index contributed by atoms with van der Waals surface area (Å²) in [5.41, 5.74) is 0. The SMILES string of the molecule is CCNc1cccc(N2CC(C)C(C)C2)n1. The quantitative estimate of drug-likeness (QED) is 0.847. The van der Waals surface area contributed by atoms with Gasteiger partial charge in [0.1, 0.15) is 11.6 Å². The van der Waals surface area contributed by atoms with Gasteiger partial charge in [0, 0.05) is 19.6 Å². The van der Waals surface area contributed by atoms with E-state index in [9.17, 15) is 0 Å². The van der Waals surface area contributed by atoms with E-state index in [2.05, 4.69) is 48.1 Å². The lowest BCUT2D eigenvalue weighted by molar-refractivity contribution is 0.494. The zero-order chi connectivity index (χ0) is 11.5. The van der Waals surface area contributed by atoms with Gasteiger partial charge in [0.05, 0.1) is 0 Å². The Morgan fingerprint density at radius 3 is 2.62 bits per heavy atom. The summed E-state index contributed by atoms with van der Waals surface area (Å²) in [6.07, 6.45) is 0. The van der Waals surface area contributed by atoms with Gasteiger partial charge in [0.2, 0.25) is 0 Å².